The number of benzene rings is 1. The van der Waals surface area contributed by atoms with Crippen LogP contribution in [0.1, 0.15) is 29.3 Å². The number of carbonyl (C=O) groups excluding carboxylic acids is 2. The Hall–Kier alpha value is -2.89. The second kappa shape index (κ2) is 9.42. The lowest BCUT2D eigenvalue weighted by molar-refractivity contribution is -0.143. The predicted octanol–water partition coefficient (Wildman–Crippen LogP) is 2.69. The first-order chi connectivity index (χ1) is 12.2. The summed E-state index contributed by atoms with van der Waals surface area (Å²) in [5.74, 6) is -0.0306. The third-order valence-corrected chi connectivity index (χ3v) is 3.61. The Morgan fingerprint density at radius 2 is 1.96 bits per heavy atom. The van der Waals surface area contributed by atoms with Gasteiger partial charge in [-0.25, -0.2) is 0 Å². The van der Waals surface area contributed by atoms with E-state index in [4.69, 9.17) is 9.47 Å². The van der Waals surface area contributed by atoms with Crippen molar-refractivity contribution >= 4 is 11.9 Å². The Morgan fingerprint density at radius 3 is 2.64 bits per heavy atom. The molecule has 0 aliphatic rings. The minimum absolute atomic E-state index is 0.134. The standard InChI is InChI=1S/C19H22N2O4/c1-3-25-18(22)10-12-21(14-15-7-6-11-20-13-15)19(23)16-8-4-5-9-17(16)24-2/h4-9,11,13H,3,10,12,14H2,1-2H3. The zero-order valence-electron chi connectivity index (χ0n) is 14.5. The van der Waals surface area contributed by atoms with Gasteiger partial charge in [-0.1, -0.05) is 18.2 Å². The summed E-state index contributed by atoms with van der Waals surface area (Å²) in [4.78, 5) is 30.3. The summed E-state index contributed by atoms with van der Waals surface area (Å²) < 4.78 is 10.2. The van der Waals surface area contributed by atoms with E-state index in [-0.39, 0.29) is 24.8 Å². The van der Waals surface area contributed by atoms with Gasteiger partial charge in [0.25, 0.3) is 5.91 Å². The summed E-state index contributed by atoms with van der Waals surface area (Å²) in [6.07, 6.45) is 3.51. The molecule has 0 radical (unpaired) electrons. The highest BCUT2D eigenvalue weighted by Crippen LogP contribution is 2.20. The van der Waals surface area contributed by atoms with Gasteiger partial charge in [0, 0.05) is 25.5 Å². The van der Waals surface area contributed by atoms with Gasteiger partial charge in [-0.2, -0.15) is 0 Å². The van der Waals surface area contributed by atoms with Crippen molar-refractivity contribution in [1.82, 2.24) is 9.88 Å². The molecule has 0 N–H and O–H groups in total. The lowest BCUT2D eigenvalue weighted by atomic mass is 10.1. The average molecular weight is 342 g/mol. The van der Waals surface area contributed by atoms with Crippen molar-refractivity contribution in [1.29, 1.82) is 0 Å². The van der Waals surface area contributed by atoms with Gasteiger partial charge < -0.3 is 14.4 Å². The lowest BCUT2D eigenvalue weighted by Gasteiger charge is -2.23. The predicted molar refractivity (Wildman–Crippen MR) is 93.2 cm³/mol. The maximum Gasteiger partial charge on any atom is 0.307 e. The van der Waals surface area contributed by atoms with Crippen LogP contribution in [0, 0.1) is 0 Å². The first kappa shape index (κ1) is 18.4. The molecule has 2 rings (SSSR count). The zero-order chi connectivity index (χ0) is 18.1. The van der Waals surface area contributed by atoms with Gasteiger partial charge in [0.05, 0.1) is 25.7 Å². The van der Waals surface area contributed by atoms with Crippen molar-refractivity contribution in [2.45, 2.75) is 19.9 Å². The fourth-order valence-corrected chi connectivity index (χ4v) is 2.42. The van der Waals surface area contributed by atoms with Gasteiger partial charge in [-0.3, -0.25) is 14.6 Å². The molecule has 6 nitrogen and oxygen atoms in total. The largest absolute Gasteiger partial charge is 0.496 e. The molecule has 0 saturated carbocycles. The molecule has 1 heterocycles. The molecule has 25 heavy (non-hydrogen) atoms. The molecular formula is C19H22N2O4. The van der Waals surface area contributed by atoms with Crippen LogP contribution in [0.3, 0.4) is 0 Å². The number of para-hydroxylation sites is 1. The van der Waals surface area contributed by atoms with Crippen LogP contribution in [0.5, 0.6) is 5.75 Å². The Balaban J connectivity index is 2.20. The number of hydrogen-bond acceptors (Lipinski definition) is 5. The van der Waals surface area contributed by atoms with Crippen LogP contribution in [0.15, 0.2) is 48.8 Å². The number of carbonyl (C=O) groups is 2. The number of nitrogens with zero attached hydrogens (tertiary/aromatic N) is 2. The van der Waals surface area contributed by atoms with Gasteiger partial charge in [0.15, 0.2) is 0 Å². The van der Waals surface area contributed by atoms with E-state index in [0.717, 1.165) is 5.56 Å². The third-order valence-electron chi connectivity index (χ3n) is 3.61. The summed E-state index contributed by atoms with van der Waals surface area (Å²) >= 11 is 0. The fourth-order valence-electron chi connectivity index (χ4n) is 2.42. The number of hydrogen-bond donors (Lipinski definition) is 0. The molecule has 0 fully saturated rings. The molecular weight excluding hydrogens is 320 g/mol. The molecule has 0 aliphatic carbocycles. The van der Waals surface area contributed by atoms with E-state index in [2.05, 4.69) is 4.98 Å². The quantitative estimate of drug-likeness (QED) is 0.690. The van der Waals surface area contributed by atoms with E-state index in [1.807, 2.05) is 12.1 Å². The molecule has 0 bridgehead atoms. The van der Waals surface area contributed by atoms with Gasteiger partial charge >= 0.3 is 5.97 Å². The Morgan fingerprint density at radius 1 is 1.16 bits per heavy atom. The van der Waals surface area contributed by atoms with Gasteiger partial charge in [0.1, 0.15) is 5.75 Å². The third kappa shape index (κ3) is 5.31. The monoisotopic (exact) mass is 342 g/mol. The molecule has 0 saturated heterocycles. The van der Waals surface area contributed by atoms with Crippen LogP contribution in [-0.2, 0) is 16.1 Å². The topological polar surface area (TPSA) is 68.7 Å². The van der Waals surface area contributed by atoms with E-state index in [9.17, 15) is 9.59 Å². The fraction of sp³-hybridized carbons (Fsp3) is 0.316. The summed E-state index contributed by atoms with van der Waals surface area (Å²) in [5, 5.41) is 0. The minimum Gasteiger partial charge on any atom is -0.496 e. The van der Waals surface area contributed by atoms with Crippen molar-refractivity contribution in [2.24, 2.45) is 0 Å². The molecule has 132 valence electrons. The van der Waals surface area contributed by atoms with Crippen LogP contribution in [0.2, 0.25) is 0 Å². The molecule has 1 aromatic heterocycles. The Bertz CT molecular complexity index is 704. The van der Waals surface area contributed by atoms with E-state index in [1.165, 1.54) is 7.11 Å². The summed E-state index contributed by atoms with van der Waals surface area (Å²) in [6, 6.07) is 10.7. The van der Waals surface area contributed by atoms with E-state index in [1.54, 1.807) is 48.5 Å². The van der Waals surface area contributed by atoms with E-state index < -0.39 is 0 Å². The van der Waals surface area contributed by atoms with Crippen LogP contribution in [0.4, 0.5) is 0 Å². The summed E-state index contributed by atoms with van der Waals surface area (Å²) in [5.41, 5.74) is 1.34. The normalized spacial score (nSPS) is 10.2. The highest BCUT2D eigenvalue weighted by Gasteiger charge is 2.20. The van der Waals surface area contributed by atoms with Crippen molar-refractivity contribution in [2.75, 3.05) is 20.3 Å². The number of ether oxygens (including phenoxy) is 2. The second-order valence-corrected chi connectivity index (χ2v) is 5.34. The molecule has 0 unspecified atom stereocenters. The van der Waals surface area contributed by atoms with Crippen molar-refractivity contribution in [3.05, 3.63) is 59.9 Å². The van der Waals surface area contributed by atoms with Gasteiger partial charge in [-0.05, 0) is 30.7 Å². The maximum absolute atomic E-state index is 13.0. The SMILES string of the molecule is CCOC(=O)CCN(Cc1cccnc1)C(=O)c1ccccc1OC. The molecule has 1 aromatic carbocycles. The highest BCUT2D eigenvalue weighted by molar-refractivity contribution is 5.97. The Labute approximate surface area is 147 Å². The zero-order valence-corrected chi connectivity index (χ0v) is 14.5. The molecule has 0 atom stereocenters. The molecule has 2 aromatic rings. The molecule has 1 amide bonds. The van der Waals surface area contributed by atoms with E-state index in [0.29, 0.717) is 24.5 Å². The van der Waals surface area contributed by atoms with Crippen LogP contribution >= 0.6 is 0 Å². The van der Waals surface area contributed by atoms with Crippen LogP contribution in [0.25, 0.3) is 0 Å². The number of pyridine rings is 1. The molecule has 6 heteroatoms. The van der Waals surface area contributed by atoms with Crippen LogP contribution in [-0.4, -0.2) is 42.0 Å². The number of rotatable bonds is 8. The highest BCUT2D eigenvalue weighted by atomic mass is 16.5. The van der Waals surface area contributed by atoms with Crippen molar-refractivity contribution < 1.29 is 19.1 Å². The minimum atomic E-state index is -0.327. The van der Waals surface area contributed by atoms with Gasteiger partial charge in [-0.15, -0.1) is 0 Å². The first-order valence-electron chi connectivity index (χ1n) is 8.12. The van der Waals surface area contributed by atoms with Crippen molar-refractivity contribution in [3.8, 4) is 5.75 Å². The summed E-state index contributed by atoms with van der Waals surface area (Å²) in [6.45, 7) is 2.68. The first-order valence-corrected chi connectivity index (χ1v) is 8.12. The maximum atomic E-state index is 13.0. The number of esters is 1. The number of amides is 1. The van der Waals surface area contributed by atoms with E-state index >= 15 is 0 Å². The second-order valence-electron chi connectivity index (χ2n) is 5.34. The summed E-state index contributed by atoms with van der Waals surface area (Å²) in [7, 11) is 1.52. The van der Waals surface area contributed by atoms with Crippen LogP contribution < -0.4 is 4.74 Å². The van der Waals surface area contributed by atoms with Gasteiger partial charge in [0.2, 0.25) is 0 Å². The Kier molecular flexibility index (Phi) is 6.95. The number of methoxy groups -OCH3 is 1. The average Bonchev–Trinajstić information content (AvgIpc) is 2.65. The lowest BCUT2D eigenvalue weighted by Crippen LogP contribution is -2.33. The van der Waals surface area contributed by atoms with Crippen molar-refractivity contribution in [3.63, 3.8) is 0 Å². The smallest absolute Gasteiger partial charge is 0.307 e. The molecule has 0 aliphatic heterocycles. The number of aromatic nitrogens is 1. The molecule has 0 spiro atoms.